The molecule has 38 heavy (non-hydrogen) atoms. The van der Waals surface area contributed by atoms with E-state index < -0.39 is 0 Å². The molecular weight excluding hydrogens is 480 g/mol. The number of nitrogens with two attached hydrogens (primary N) is 2. The SMILES string of the molecule is COc1cc(Cc2cnc(N)nc2N)cc(C(=O)C=CN2N=Cc3ccccc3C2C2CCCC2)c1OC. The Labute approximate surface area is 222 Å². The molecule has 0 radical (unpaired) electrons. The number of aromatic nitrogens is 2. The van der Waals surface area contributed by atoms with E-state index in [9.17, 15) is 4.79 Å². The van der Waals surface area contributed by atoms with Crippen molar-refractivity contribution >= 4 is 23.8 Å². The number of nitrogens with zero attached hydrogens (tertiary/aromatic N) is 4. The van der Waals surface area contributed by atoms with Gasteiger partial charge in [0.05, 0.1) is 32.0 Å². The summed E-state index contributed by atoms with van der Waals surface area (Å²) in [4.78, 5) is 21.6. The summed E-state index contributed by atoms with van der Waals surface area (Å²) in [6.45, 7) is 0. The van der Waals surface area contributed by atoms with Crippen LogP contribution in [0.2, 0.25) is 0 Å². The number of hydrogen-bond acceptors (Lipinski definition) is 9. The second-order valence-electron chi connectivity index (χ2n) is 9.62. The Bertz CT molecular complexity index is 1400. The highest BCUT2D eigenvalue weighted by atomic mass is 16.5. The van der Waals surface area contributed by atoms with Crippen molar-refractivity contribution in [2.24, 2.45) is 11.0 Å². The standard InChI is InChI=1S/C29H32N6O3/c1-37-25-15-18(13-21-16-32-29(31)34-28(21)30)14-23(27(25)38-2)24(36)11-12-35-26(19-7-3-4-8-19)22-10-6-5-9-20(22)17-33-35/h5-6,9-12,14-17,19,26H,3-4,7-8,13H2,1-2H3,(H4,30,31,32,34). The molecule has 1 saturated carbocycles. The fourth-order valence-electron chi connectivity index (χ4n) is 5.45. The summed E-state index contributed by atoms with van der Waals surface area (Å²) in [5.41, 5.74) is 15.9. The molecule has 1 aliphatic carbocycles. The van der Waals surface area contributed by atoms with Crippen molar-refractivity contribution in [2.45, 2.75) is 38.1 Å². The van der Waals surface area contributed by atoms with E-state index in [-0.39, 0.29) is 17.8 Å². The van der Waals surface area contributed by atoms with Crippen LogP contribution in [0, 0.1) is 5.92 Å². The molecule has 4 N–H and O–H groups in total. The zero-order chi connectivity index (χ0) is 26.6. The Morgan fingerprint density at radius 3 is 2.66 bits per heavy atom. The summed E-state index contributed by atoms with van der Waals surface area (Å²) >= 11 is 0. The minimum Gasteiger partial charge on any atom is -0.493 e. The van der Waals surface area contributed by atoms with E-state index in [1.165, 1.54) is 25.5 Å². The van der Waals surface area contributed by atoms with E-state index in [0.717, 1.165) is 24.0 Å². The van der Waals surface area contributed by atoms with Crippen LogP contribution in [0.15, 0.2) is 60.0 Å². The molecule has 196 valence electrons. The lowest BCUT2D eigenvalue weighted by molar-refractivity contribution is 0.103. The number of benzene rings is 2. The van der Waals surface area contributed by atoms with Crippen molar-refractivity contribution in [2.75, 3.05) is 25.7 Å². The quantitative estimate of drug-likeness (QED) is 0.333. The lowest BCUT2D eigenvalue weighted by Gasteiger charge is -2.35. The zero-order valence-electron chi connectivity index (χ0n) is 21.6. The molecule has 1 aliphatic heterocycles. The average Bonchev–Trinajstić information content (AvgIpc) is 3.47. The average molecular weight is 513 g/mol. The molecule has 0 spiro atoms. The van der Waals surface area contributed by atoms with Gasteiger partial charge in [-0.25, -0.2) is 4.98 Å². The summed E-state index contributed by atoms with van der Waals surface area (Å²) in [5, 5.41) is 6.63. The van der Waals surface area contributed by atoms with E-state index in [0.29, 0.717) is 40.8 Å². The summed E-state index contributed by atoms with van der Waals surface area (Å²) in [7, 11) is 3.06. The van der Waals surface area contributed by atoms with Crippen LogP contribution < -0.4 is 20.9 Å². The number of hydrazone groups is 1. The zero-order valence-corrected chi connectivity index (χ0v) is 21.6. The number of carbonyl (C=O) groups excluding carboxylic acids is 1. The van der Waals surface area contributed by atoms with Crippen LogP contribution in [0.4, 0.5) is 11.8 Å². The molecule has 1 atom stereocenters. The largest absolute Gasteiger partial charge is 0.493 e. The van der Waals surface area contributed by atoms with Gasteiger partial charge in [-0.1, -0.05) is 37.1 Å². The van der Waals surface area contributed by atoms with Crippen LogP contribution in [0.3, 0.4) is 0 Å². The maximum Gasteiger partial charge on any atom is 0.221 e. The van der Waals surface area contributed by atoms with Crippen LogP contribution in [0.5, 0.6) is 11.5 Å². The summed E-state index contributed by atoms with van der Waals surface area (Å²) in [6, 6.07) is 12.0. The molecule has 9 heteroatoms. The minimum absolute atomic E-state index is 0.0963. The van der Waals surface area contributed by atoms with Gasteiger partial charge in [0, 0.05) is 30.5 Å². The van der Waals surface area contributed by atoms with Crippen molar-refractivity contribution in [1.29, 1.82) is 0 Å². The number of fused-ring (bicyclic) bond motifs is 1. The fourth-order valence-corrected chi connectivity index (χ4v) is 5.45. The Kier molecular flexibility index (Phi) is 7.26. The molecule has 0 saturated heterocycles. The number of ketones is 1. The number of ether oxygens (including phenoxy) is 2. The number of hydrogen-bond donors (Lipinski definition) is 2. The van der Waals surface area contributed by atoms with Crippen LogP contribution >= 0.6 is 0 Å². The van der Waals surface area contributed by atoms with E-state index in [4.69, 9.17) is 26.0 Å². The van der Waals surface area contributed by atoms with Crippen molar-refractivity contribution in [3.05, 3.63) is 82.7 Å². The smallest absolute Gasteiger partial charge is 0.221 e. The van der Waals surface area contributed by atoms with E-state index in [2.05, 4.69) is 28.2 Å². The third-order valence-electron chi connectivity index (χ3n) is 7.27. The van der Waals surface area contributed by atoms with Gasteiger partial charge in [0.15, 0.2) is 17.3 Å². The summed E-state index contributed by atoms with van der Waals surface area (Å²) in [6.07, 6.45) is 11.9. The molecule has 2 aliphatic rings. The van der Waals surface area contributed by atoms with Gasteiger partial charge in [0.2, 0.25) is 5.95 Å². The predicted octanol–water partition coefficient (Wildman–Crippen LogP) is 4.53. The van der Waals surface area contributed by atoms with Crippen LogP contribution in [-0.2, 0) is 6.42 Å². The van der Waals surface area contributed by atoms with Gasteiger partial charge in [-0.05, 0) is 47.6 Å². The molecule has 1 fully saturated rings. The van der Waals surface area contributed by atoms with Crippen molar-refractivity contribution in [3.63, 3.8) is 0 Å². The molecule has 9 nitrogen and oxygen atoms in total. The molecule has 3 aromatic rings. The van der Waals surface area contributed by atoms with Gasteiger partial charge in [-0.2, -0.15) is 10.1 Å². The maximum atomic E-state index is 13.6. The molecule has 2 heterocycles. The monoisotopic (exact) mass is 512 g/mol. The second-order valence-corrected chi connectivity index (χ2v) is 9.62. The highest BCUT2D eigenvalue weighted by Gasteiger charge is 2.33. The third-order valence-corrected chi connectivity index (χ3v) is 7.27. The predicted molar refractivity (Wildman–Crippen MR) is 147 cm³/mol. The first-order chi connectivity index (χ1) is 18.5. The van der Waals surface area contributed by atoms with E-state index >= 15 is 0 Å². The number of rotatable bonds is 8. The summed E-state index contributed by atoms with van der Waals surface area (Å²) < 4.78 is 11.1. The Hall–Kier alpha value is -4.40. The van der Waals surface area contributed by atoms with E-state index in [1.807, 2.05) is 23.4 Å². The first kappa shape index (κ1) is 25.3. The number of allylic oxidation sites excluding steroid dienone is 1. The van der Waals surface area contributed by atoms with Gasteiger partial charge in [-0.15, -0.1) is 0 Å². The number of methoxy groups -OCH3 is 2. The molecule has 0 amide bonds. The van der Waals surface area contributed by atoms with Gasteiger partial charge in [0.1, 0.15) is 5.82 Å². The van der Waals surface area contributed by atoms with E-state index in [1.54, 1.807) is 31.6 Å². The lowest BCUT2D eigenvalue weighted by atomic mass is 9.88. The molecule has 1 aromatic heterocycles. The minimum atomic E-state index is -0.220. The number of anilines is 2. The highest BCUT2D eigenvalue weighted by Crippen LogP contribution is 2.42. The molecule has 2 aromatic carbocycles. The van der Waals surface area contributed by atoms with Crippen molar-refractivity contribution in [1.82, 2.24) is 15.0 Å². The Morgan fingerprint density at radius 2 is 1.92 bits per heavy atom. The van der Waals surface area contributed by atoms with Crippen molar-refractivity contribution in [3.8, 4) is 11.5 Å². The first-order valence-electron chi connectivity index (χ1n) is 12.7. The normalized spacial score (nSPS) is 17.1. The second kappa shape index (κ2) is 10.9. The fraction of sp³-hybridized carbons (Fsp3) is 0.310. The number of carbonyl (C=O) groups is 1. The molecule has 5 rings (SSSR count). The topological polar surface area (TPSA) is 129 Å². The molecule has 1 unspecified atom stereocenters. The van der Waals surface area contributed by atoms with Gasteiger partial charge in [0.25, 0.3) is 0 Å². The van der Waals surface area contributed by atoms with Crippen LogP contribution in [0.25, 0.3) is 0 Å². The molecular formula is C29H32N6O3. The third kappa shape index (κ3) is 5.04. The maximum absolute atomic E-state index is 13.6. The van der Waals surface area contributed by atoms with Gasteiger partial charge < -0.3 is 20.9 Å². The Morgan fingerprint density at radius 1 is 1.13 bits per heavy atom. The summed E-state index contributed by atoms with van der Waals surface area (Å²) in [5.74, 6) is 1.49. The number of nitrogen functional groups attached to an aromatic ring is 2. The highest BCUT2D eigenvalue weighted by molar-refractivity contribution is 6.07. The van der Waals surface area contributed by atoms with Crippen molar-refractivity contribution < 1.29 is 14.3 Å². The lowest BCUT2D eigenvalue weighted by Crippen LogP contribution is -2.29. The first-order valence-corrected chi connectivity index (χ1v) is 12.7. The molecule has 0 bridgehead atoms. The van der Waals surface area contributed by atoms with Gasteiger partial charge in [-0.3, -0.25) is 9.80 Å². The van der Waals surface area contributed by atoms with Crippen LogP contribution in [-0.4, -0.2) is 41.2 Å². The Balaban J connectivity index is 1.46. The van der Waals surface area contributed by atoms with Crippen LogP contribution in [0.1, 0.15) is 64.3 Å². The van der Waals surface area contributed by atoms with Gasteiger partial charge >= 0.3 is 0 Å².